The number of ether oxygens (including phenoxy) is 1. The van der Waals surface area contributed by atoms with Gasteiger partial charge in [-0.05, 0) is 44.1 Å². The maximum atomic E-state index is 10.6. The molecule has 0 bridgehead atoms. The van der Waals surface area contributed by atoms with Gasteiger partial charge in [0.2, 0.25) is 5.88 Å². The molecule has 2 fully saturated rings. The second-order valence-corrected chi connectivity index (χ2v) is 7.67. The number of fused-ring (bicyclic) bond motifs is 1. The van der Waals surface area contributed by atoms with Gasteiger partial charge < -0.3 is 14.7 Å². The van der Waals surface area contributed by atoms with Crippen LogP contribution >= 0.6 is 11.8 Å². The number of hydrogen-bond donors (Lipinski definition) is 1. The molecule has 0 atom stereocenters. The van der Waals surface area contributed by atoms with Crippen molar-refractivity contribution in [2.75, 3.05) is 30.0 Å². The Labute approximate surface area is 146 Å². The third-order valence-electron chi connectivity index (χ3n) is 4.85. The summed E-state index contributed by atoms with van der Waals surface area (Å²) in [6.07, 6.45) is 9.82. The number of nitrogens with zero attached hydrogens (tertiary/aromatic N) is 3. The molecule has 0 amide bonds. The molecule has 24 heavy (non-hydrogen) atoms. The lowest BCUT2D eigenvalue weighted by Gasteiger charge is -2.39. The van der Waals surface area contributed by atoms with Crippen LogP contribution in [0.2, 0.25) is 0 Å². The van der Waals surface area contributed by atoms with Crippen LogP contribution in [0, 0.1) is 0 Å². The van der Waals surface area contributed by atoms with Gasteiger partial charge in [0.1, 0.15) is 11.6 Å². The molecule has 128 valence electrons. The summed E-state index contributed by atoms with van der Waals surface area (Å²) in [7, 11) is 0. The molecule has 3 heterocycles. The Hall–Kier alpha value is -1.53. The lowest BCUT2D eigenvalue weighted by molar-refractivity contribution is 0.0401. The Morgan fingerprint density at radius 1 is 1.25 bits per heavy atom. The van der Waals surface area contributed by atoms with Crippen molar-refractivity contribution in [3.63, 3.8) is 0 Å². The van der Waals surface area contributed by atoms with E-state index in [2.05, 4.69) is 27.2 Å². The average molecular weight is 345 g/mol. The first-order valence-electron chi connectivity index (χ1n) is 8.55. The first-order chi connectivity index (χ1) is 11.7. The van der Waals surface area contributed by atoms with Gasteiger partial charge in [0.25, 0.3) is 0 Å². The standard InChI is InChI=1S/C18H23N3O2S/c1-24-12-18(22)6-10-21(11-7-18)15-5-9-19-16-14(15)4-8-20-17(16)23-13-2-3-13/h4-5,8-9,13,22H,2-3,6-7,10-12H2,1H3. The number of rotatable bonds is 5. The molecule has 6 heteroatoms. The fraction of sp³-hybridized carbons (Fsp3) is 0.556. The largest absolute Gasteiger partial charge is 0.473 e. The third-order valence-corrected chi connectivity index (χ3v) is 5.68. The van der Waals surface area contributed by atoms with Gasteiger partial charge >= 0.3 is 0 Å². The second-order valence-electron chi connectivity index (χ2n) is 6.80. The van der Waals surface area contributed by atoms with E-state index < -0.39 is 5.60 Å². The molecule has 5 nitrogen and oxygen atoms in total. The van der Waals surface area contributed by atoms with Crippen LogP contribution in [0.15, 0.2) is 24.5 Å². The molecule has 4 rings (SSSR count). The zero-order valence-corrected chi connectivity index (χ0v) is 14.8. The fourth-order valence-electron chi connectivity index (χ4n) is 3.32. The molecular formula is C18H23N3O2S. The highest BCUT2D eigenvalue weighted by molar-refractivity contribution is 7.98. The molecular weight excluding hydrogens is 322 g/mol. The van der Waals surface area contributed by atoms with Gasteiger partial charge in [-0.3, -0.25) is 4.98 Å². The first kappa shape index (κ1) is 16.0. The highest BCUT2D eigenvalue weighted by atomic mass is 32.2. The van der Waals surface area contributed by atoms with Gasteiger partial charge in [-0.15, -0.1) is 0 Å². The predicted octanol–water partition coefficient (Wildman–Crippen LogP) is 2.87. The number of anilines is 1. The normalized spacial score (nSPS) is 20.3. The van der Waals surface area contributed by atoms with Crippen LogP contribution in [0.1, 0.15) is 25.7 Å². The average Bonchev–Trinajstić information content (AvgIpc) is 3.40. The Bertz CT molecular complexity index is 727. The van der Waals surface area contributed by atoms with Crippen LogP contribution in [-0.4, -0.2) is 51.9 Å². The predicted molar refractivity (Wildman–Crippen MR) is 98.0 cm³/mol. The molecule has 2 aliphatic rings. The molecule has 1 N–H and O–H groups in total. The van der Waals surface area contributed by atoms with Gasteiger partial charge in [0, 0.05) is 42.3 Å². The minimum Gasteiger partial charge on any atom is -0.473 e. The number of piperidine rings is 1. The summed E-state index contributed by atoms with van der Waals surface area (Å²) in [5.74, 6) is 1.45. The summed E-state index contributed by atoms with van der Waals surface area (Å²) >= 11 is 1.72. The molecule has 1 aliphatic carbocycles. The maximum Gasteiger partial charge on any atom is 0.240 e. The van der Waals surface area contributed by atoms with E-state index in [1.54, 1.807) is 18.0 Å². The number of thioether (sulfide) groups is 1. The molecule has 0 aromatic carbocycles. The smallest absolute Gasteiger partial charge is 0.240 e. The summed E-state index contributed by atoms with van der Waals surface area (Å²) in [5, 5.41) is 11.7. The van der Waals surface area contributed by atoms with Gasteiger partial charge in [0.05, 0.1) is 5.60 Å². The van der Waals surface area contributed by atoms with Crippen molar-refractivity contribution < 1.29 is 9.84 Å². The zero-order valence-electron chi connectivity index (χ0n) is 13.9. The highest BCUT2D eigenvalue weighted by Gasteiger charge is 2.32. The van der Waals surface area contributed by atoms with E-state index >= 15 is 0 Å². The number of aliphatic hydroxyl groups is 1. The van der Waals surface area contributed by atoms with E-state index in [0.717, 1.165) is 61.1 Å². The van der Waals surface area contributed by atoms with Gasteiger partial charge in [-0.1, -0.05) is 0 Å². The summed E-state index contributed by atoms with van der Waals surface area (Å²) in [4.78, 5) is 11.2. The Morgan fingerprint density at radius 3 is 2.71 bits per heavy atom. The van der Waals surface area contributed by atoms with Crippen molar-refractivity contribution in [3.05, 3.63) is 24.5 Å². The lowest BCUT2D eigenvalue weighted by Crippen LogP contribution is -2.46. The van der Waals surface area contributed by atoms with E-state index in [1.807, 2.05) is 12.3 Å². The van der Waals surface area contributed by atoms with Crippen molar-refractivity contribution in [2.45, 2.75) is 37.4 Å². The number of pyridine rings is 2. The Balaban J connectivity index is 1.60. The van der Waals surface area contributed by atoms with Crippen LogP contribution in [0.25, 0.3) is 10.9 Å². The topological polar surface area (TPSA) is 58.5 Å². The minimum absolute atomic E-state index is 0.310. The molecule has 2 aromatic rings. The summed E-state index contributed by atoms with van der Waals surface area (Å²) in [5.41, 5.74) is 1.47. The van der Waals surface area contributed by atoms with Gasteiger partial charge in [-0.25, -0.2) is 4.98 Å². The van der Waals surface area contributed by atoms with Crippen LogP contribution in [0.4, 0.5) is 5.69 Å². The zero-order chi connectivity index (χ0) is 16.6. The van der Waals surface area contributed by atoms with Crippen LogP contribution in [0.5, 0.6) is 5.88 Å². The van der Waals surface area contributed by atoms with Crippen molar-refractivity contribution in [1.82, 2.24) is 9.97 Å². The number of aromatic nitrogens is 2. The quantitative estimate of drug-likeness (QED) is 0.899. The first-order valence-corrected chi connectivity index (χ1v) is 9.95. The molecule has 0 unspecified atom stereocenters. The minimum atomic E-state index is -0.527. The van der Waals surface area contributed by atoms with Crippen LogP contribution in [0.3, 0.4) is 0 Å². The SMILES string of the molecule is CSCC1(O)CCN(c2ccnc3c(OC4CC4)nccc23)CC1. The summed E-state index contributed by atoms with van der Waals surface area (Å²) in [6.45, 7) is 1.72. The molecule has 1 saturated carbocycles. The highest BCUT2D eigenvalue weighted by Crippen LogP contribution is 2.35. The van der Waals surface area contributed by atoms with Crippen LogP contribution in [-0.2, 0) is 0 Å². The maximum absolute atomic E-state index is 10.6. The third kappa shape index (κ3) is 3.17. The Kier molecular flexibility index (Phi) is 4.26. The van der Waals surface area contributed by atoms with Gasteiger partial charge in [0.15, 0.2) is 0 Å². The fourth-order valence-corrected chi connectivity index (χ4v) is 4.15. The van der Waals surface area contributed by atoms with E-state index in [-0.39, 0.29) is 0 Å². The molecule has 1 saturated heterocycles. The van der Waals surface area contributed by atoms with Crippen molar-refractivity contribution in [3.8, 4) is 5.88 Å². The lowest BCUT2D eigenvalue weighted by atomic mass is 9.93. The van der Waals surface area contributed by atoms with Crippen molar-refractivity contribution >= 4 is 28.4 Å². The van der Waals surface area contributed by atoms with E-state index in [4.69, 9.17) is 4.74 Å². The monoisotopic (exact) mass is 345 g/mol. The van der Waals surface area contributed by atoms with Gasteiger partial charge in [-0.2, -0.15) is 11.8 Å². The van der Waals surface area contributed by atoms with Crippen molar-refractivity contribution in [2.24, 2.45) is 0 Å². The number of hydrogen-bond acceptors (Lipinski definition) is 6. The van der Waals surface area contributed by atoms with E-state index in [1.165, 1.54) is 0 Å². The second kappa shape index (κ2) is 6.41. The Morgan fingerprint density at radius 2 is 2.00 bits per heavy atom. The molecule has 0 radical (unpaired) electrons. The van der Waals surface area contributed by atoms with Crippen molar-refractivity contribution in [1.29, 1.82) is 0 Å². The molecule has 0 spiro atoms. The van der Waals surface area contributed by atoms with Crippen LogP contribution < -0.4 is 9.64 Å². The van der Waals surface area contributed by atoms with E-state index in [0.29, 0.717) is 12.0 Å². The van der Waals surface area contributed by atoms with E-state index in [9.17, 15) is 5.11 Å². The summed E-state index contributed by atoms with van der Waals surface area (Å²) in [6, 6.07) is 4.07. The molecule has 1 aliphatic heterocycles. The molecule has 2 aromatic heterocycles. The summed E-state index contributed by atoms with van der Waals surface area (Å²) < 4.78 is 5.91.